The molecule has 0 fully saturated rings. The van der Waals surface area contributed by atoms with E-state index in [-0.39, 0.29) is 23.7 Å². The maximum atomic E-state index is 13.2. The quantitative estimate of drug-likeness (QED) is 0.343. The molecule has 0 saturated heterocycles. The Morgan fingerprint density at radius 3 is 2.54 bits per heavy atom. The van der Waals surface area contributed by atoms with Gasteiger partial charge in [-0.25, -0.2) is 0 Å². The Kier molecular flexibility index (Phi) is 4.88. The molecule has 3 aromatic carbocycles. The Bertz CT molecular complexity index is 1420. The second kappa shape index (κ2) is 8.09. The zero-order chi connectivity index (χ0) is 24.1. The fourth-order valence-electron chi connectivity index (χ4n) is 4.62. The van der Waals surface area contributed by atoms with Crippen LogP contribution in [0.5, 0.6) is 34.5 Å². The summed E-state index contributed by atoms with van der Waals surface area (Å²) in [4.78, 5) is 25.6. The Hall–Kier alpha value is -4.46. The molecule has 0 aromatic heterocycles. The number of rotatable bonds is 3. The van der Waals surface area contributed by atoms with Gasteiger partial charge in [-0.3, -0.25) is 9.59 Å². The van der Waals surface area contributed by atoms with Crippen LogP contribution < -0.4 is 23.7 Å². The number of Topliss-reactive ketones (excluding diaryl/α,β-unsaturated/α-hetero) is 1. The number of carbonyl (C=O) groups is 2. The molecule has 6 rings (SSSR count). The van der Waals surface area contributed by atoms with E-state index in [1.54, 1.807) is 48.5 Å². The lowest BCUT2D eigenvalue weighted by molar-refractivity contribution is -0.135. The zero-order valence-electron chi connectivity index (χ0n) is 18.7. The average Bonchev–Trinajstić information content (AvgIpc) is 3.18. The lowest BCUT2D eigenvalue weighted by atomic mass is 9.84. The number of ketones is 1. The van der Waals surface area contributed by atoms with E-state index in [1.165, 1.54) is 7.11 Å². The molecule has 0 aliphatic carbocycles. The highest BCUT2D eigenvalue weighted by atomic mass is 16.6. The number of allylic oxidation sites excluding steroid dienone is 1. The third-order valence-electron chi connectivity index (χ3n) is 6.25. The summed E-state index contributed by atoms with van der Waals surface area (Å²) in [6.07, 6.45) is 1.68. The van der Waals surface area contributed by atoms with Gasteiger partial charge >= 0.3 is 5.97 Å². The second-order valence-electron chi connectivity index (χ2n) is 8.36. The molecule has 0 bridgehead atoms. The molecule has 0 spiro atoms. The fraction of sp³-hybridized carbons (Fsp3) is 0.185. The molecular formula is C27H20O8. The summed E-state index contributed by atoms with van der Waals surface area (Å²) in [5.74, 6) is 1.21. The predicted molar refractivity (Wildman–Crippen MR) is 124 cm³/mol. The van der Waals surface area contributed by atoms with Gasteiger partial charge in [-0.1, -0.05) is 12.1 Å². The Morgan fingerprint density at radius 2 is 1.74 bits per heavy atom. The Balaban J connectivity index is 1.41. The number of aromatic hydroxyl groups is 1. The minimum Gasteiger partial charge on any atom is -0.504 e. The molecule has 8 heteroatoms. The normalized spacial score (nSPS) is 19.0. The summed E-state index contributed by atoms with van der Waals surface area (Å²) in [7, 11) is 1.46. The number of phenolic OH excluding ortho intramolecular Hbond substituents is 1. The summed E-state index contributed by atoms with van der Waals surface area (Å²) >= 11 is 0. The van der Waals surface area contributed by atoms with Crippen LogP contribution in [0.3, 0.4) is 0 Å². The summed E-state index contributed by atoms with van der Waals surface area (Å²) in [6.45, 7) is 0.953. The van der Waals surface area contributed by atoms with Crippen LogP contribution in [-0.2, 0) is 4.79 Å². The van der Waals surface area contributed by atoms with Gasteiger partial charge in [0, 0.05) is 11.5 Å². The van der Waals surface area contributed by atoms with E-state index in [0.29, 0.717) is 58.7 Å². The van der Waals surface area contributed by atoms with Gasteiger partial charge in [-0.2, -0.15) is 0 Å². The fourth-order valence-corrected chi connectivity index (χ4v) is 4.62. The first-order valence-corrected chi connectivity index (χ1v) is 11.1. The van der Waals surface area contributed by atoms with Crippen molar-refractivity contribution in [2.75, 3.05) is 20.3 Å². The first kappa shape index (κ1) is 21.1. The standard InChI is InChI=1S/C27H20O8/c1-31-19-6-3-15(12-18(19)28)17-13-24(29)34-21-7-4-16-26(30)23(35-27(16)25(17)21)11-14-2-5-20-22(10-14)33-9-8-32-20/h2-7,10-12,17,28H,8-9,13H2,1H3/b23-11-/t17-/m0/s1. The molecule has 3 heterocycles. The molecule has 3 aliphatic heterocycles. The number of phenols is 1. The van der Waals surface area contributed by atoms with E-state index in [4.69, 9.17) is 23.7 Å². The van der Waals surface area contributed by atoms with Crippen molar-refractivity contribution in [2.45, 2.75) is 12.3 Å². The maximum Gasteiger partial charge on any atom is 0.312 e. The van der Waals surface area contributed by atoms with E-state index < -0.39 is 11.9 Å². The van der Waals surface area contributed by atoms with E-state index in [0.717, 1.165) is 5.56 Å². The third kappa shape index (κ3) is 3.54. The van der Waals surface area contributed by atoms with Crippen molar-refractivity contribution >= 4 is 17.8 Å². The SMILES string of the molecule is COc1ccc([C@@H]2CC(=O)Oc3ccc4c(c32)O/C(=C\c2ccc3c(c2)OCCO3)C4=O)cc1O. The minimum atomic E-state index is -0.473. The number of fused-ring (bicyclic) bond motifs is 4. The van der Waals surface area contributed by atoms with Gasteiger partial charge in [0.25, 0.3) is 0 Å². The van der Waals surface area contributed by atoms with Crippen LogP contribution in [0.2, 0.25) is 0 Å². The maximum absolute atomic E-state index is 13.2. The molecule has 3 aromatic rings. The molecule has 0 radical (unpaired) electrons. The summed E-state index contributed by atoms with van der Waals surface area (Å²) in [5.41, 5.74) is 2.37. The van der Waals surface area contributed by atoms with Crippen molar-refractivity contribution in [3.63, 3.8) is 0 Å². The van der Waals surface area contributed by atoms with Crippen molar-refractivity contribution in [3.05, 3.63) is 76.5 Å². The molecule has 0 unspecified atom stereocenters. The summed E-state index contributed by atoms with van der Waals surface area (Å²) < 4.78 is 27.9. The van der Waals surface area contributed by atoms with Crippen molar-refractivity contribution in [1.29, 1.82) is 0 Å². The highest BCUT2D eigenvalue weighted by molar-refractivity contribution is 6.15. The number of hydrogen-bond donors (Lipinski definition) is 1. The van der Waals surface area contributed by atoms with Crippen molar-refractivity contribution < 1.29 is 38.4 Å². The van der Waals surface area contributed by atoms with Gasteiger partial charge in [0.1, 0.15) is 24.7 Å². The monoisotopic (exact) mass is 472 g/mol. The molecule has 3 aliphatic rings. The number of methoxy groups -OCH3 is 1. The predicted octanol–water partition coefficient (Wildman–Crippen LogP) is 4.23. The molecule has 0 saturated carbocycles. The second-order valence-corrected chi connectivity index (χ2v) is 8.36. The molecule has 0 amide bonds. The highest BCUT2D eigenvalue weighted by Crippen LogP contribution is 2.49. The smallest absolute Gasteiger partial charge is 0.312 e. The number of ether oxygens (including phenoxy) is 5. The number of esters is 1. The first-order valence-electron chi connectivity index (χ1n) is 11.1. The molecule has 35 heavy (non-hydrogen) atoms. The van der Waals surface area contributed by atoms with Crippen LogP contribution >= 0.6 is 0 Å². The van der Waals surface area contributed by atoms with E-state index in [9.17, 15) is 14.7 Å². The van der Waals surface area contributed by atoms with Crippen LogP contribution in [0, 0.1) is 0 Å². The molecule has 1 N–H and O–H groups in total. The van der Waals surface area contributed by atoms with Crippen molar-refractivity contribution in [3.8, 4) is 34.5 Å². The summed E-state index contributed by atoms with van der Waals surface area (Å²) in [6, 6.07) is 13.6. The lowest BCUT2D eigenvalue weighted by Crippen LogP contribution is -2.21. The van der Waals surface area contributed by atoms with Gasteiger partial charge in [0.15, 0.2) is 28.8 Å². The van der Waals surface area contributed by atoms with Crippen LogP contribution in [0.25, 0.3) is 6.08 Å². The van der Waals surface area contributed by atoms with Crippen molar-refractivity contribution in [1.82, 2.24) is 0 Å². The van der Waals surface area contributed by atoms with E-state index in [1.807, 2.05) is 6.07 Å². The molecular weight excluding hydrogens is 452 g/mol. The van der Waals surface area contributed by atoms with Crippen molar-refractivity contribution in [2.24, 2.45) is 0 Å². The van der Waals surface area contributed by atoms with Crippen LogP contribution in [-0.4, -0.2) is 37.2 Å². The molecule has 176 valence electrons. The van der Waals surface area contributed by atoms with Crippen LogP contribution in [0.15, 0.2) is 54.3 Å². The van der Waals surface area contributed by atoms with Gasteiger partial charge in [0.05, 0.1) is 19.1 Å². The van der Waals surface area contributed by atoms with Crippen LogP contribution in [0.4, 0.5) is 0 Å². The lowest BCUT2D eigenvalue weighted by Gasteiger charge is -2.26. The van der Waals surface area contributed by atoms with Crippen LogP contribution in [0.1, 0.15) is 39.4 Å². The summed E-state index contributed by atoms with van der Waals surface area (Å²) in [5, 5.41) is 10.3. The van der Waals surface area contributed by atoms with Gasteiger partial charge in [-0.15, -0.1) is 0 Å². The Labute approximate surface area is 200 Å². The molecule has 8 nitrogen and oxygen atoms in total. The van der Waals surface area contributed by atoms with Gasteiger partial charge < -0.3 is 28.8 Å². The number of benzene rings is 3. The highest BCUT2D eigenvalue weighted by Gasteiger charge is 2.38. The number of hydrogen-bond acceptors (Lipinski definition) is 8. The average molecular weight is 472 g/mol. The number of carbonyl (C=O) groups excluding carboxylic acids is 2. The topological polar surface area (TPSA) is 101 Å². The van der Waals surface area contributed by atoms with E-state index >= 15 is 0 Å². The van der Waals surface area contributed by atoms with Gasteiger partial charge in [-0.05, 0) is 53.6 Å². The first-order chi connectivity index (χ1) is 17.0. The largest absolute Gasteiger partial charge is 0.504 e. The minimum absolute atomic E-state index is 0.0357. The Morgan fingerprint density at radius 1 is 0.943 bits per heavy atom. The van der Waals surface area contributed by atoms with E-state index in [2.05, 4.69) is 0 Å². The molecule has 1 atom stereocenters. The van der Waals surface area contributed by atoms with Gasteiger partial charge in [0.2, 0.25) is 5.78 Å². The third-order valence-corrected chi connectivity index (χ3v) is 6.25. The zero-order valence-corrected chi connectivity index (χ0v) is 18.7.